The van der Waals surface area contributed by atoms with Crippen molar-refractivity contribution in [3.05, 3.63) is 59.9 Å². The van der Waals surface area contributed by atoms with Crippen LogP contribution in [0.5, 0.6) is 5.75 Å². The van der Waals surface area contributed by atoms with Crippen LogP contribution in [0.25, 0.3) is 0 Å². The number of likely N-dealkylation sites (tertiary alicyclic amines) is 1. The predicted octanol–water partition coefficient (Wildman–Crippen LogP) is 3.63. The van der Waals surface area contributed by atoms with E-state index >= 15 is 0 Å². The molecule has 0 saturated carbocycles. The van der Waals surface area contributed by atoms with Gasteiger partial charge in [-0.2, -0.15) is 0 Å². The number of benzene rings is 1. The number of urea groups is 1. The zero-order chi connectivity index (χ0) is 22.7. The van der Waals surface area contributed by atoms with Gasteiger partial charge < -0.3 is 10.0 Å². The molecule has 32 heavy (non-hydrogen) atoms. The molecule has 4 rings (SSSR count). The molecular weight excluding hydrogens is 404 g/mol. The number of aromatic nitrogens is 1. The van der Waals surface area contributed by atoms with E-state index in [1.54, 1.807) is 24.5 Å². The van der Waals surface area contributed by atoms with Crippen LogP contribution in [0.15, 0.2) is 48.8 Å². The lowest BCUT2D eigenvalue weighted by atomic mass is 9.85. The van der Waals surface area contributed by atoms with Crippen molar-refractivity contribution < 1.29 is 14.7 Å². The summed E-state index contributed by atoms with van der Waals surface area (Å²) in [5, 5.41) is 9.75. The number of rotatable bonds is 7. The molecule has 7 heteroatoms. The van der Waals surface area contributed by atoms with Crippen LogP contribution in [-0.2, 0) is 17.9 Å². The summed E-state index contributed by atoms with van der Waals surface area (Å²) in [5.74, 6) is 0.638. The van der Waals surface area contributed by atoms with Gasteiger partial charge in [0.05, 0.1) is 6.54 Å². The second kappa shape index (κ2) is 9.28. The Hall–Kier alpha value is -2.93. The maximum Gasteiger partial charge on any atom is 0.327 e. The van der Waals surface area contributed by atoms with Crippen molar-refractivity contribution in [2.24, 2.45) is 5.92 Å². The fourth-order valence-corrected chi connectivity index (χ4v) is 4.77. The molecule has 2 saturated heterocycles. The molecule has 2 aliphatic rings. The minimum atomic E-state index is -0.760. The third-order valence-electron chi connectivity index (χ3n) is 6.62. The van der Waals surface area contributed by atoms with Crippen molar-refractivity contribution in [1.29, 1.82) is 0 Å². The number of phenolic OH excluding ortho intramolecular Hbond substituents is 1. The predicted molar refractivity (Wildman–Crippen MR) is 122 cm³/mol. The van der Waals surface area contributed by atoms with E-state index in [9.17, 15) is 14.7 Å². The summed E-state index contributed by atoms with van der Waals surface area (Å²) in [6, 6.07) is 10.8. The second-order valence-electron chi connectivity index (χ2n) is 9.35. The van der Waals surface area contributed by atoms with Gasteiger partial charge in [-0.05, 0) is 54.5 Å². The van der Waals surface area contributed by atoms with Crippen molar-refractivity contribution in [3.63, 3.8) is 0 Å². The Labute approximate surface area is 189 Å². The molecule has 170 valence electrons. The number of nitrogens with zero attached hydrogens (tertiary/aromatic N) is 4. The molecule has 3 heterocycles. The molecule has 0 atom stereocenters. The van der Waals surface area contributed by atoms with Gasteiger partial charge in [0, 0.05) is 38.6 Å². The zero-order valence-electron chi connectivity index (χ0n) is 18.9. The Balaban J connectivity index is 1.51. The molecule has 1 N–H and O–H groups in total. The average Bonchev–Trinajstić information content (AvgIpc) is 2.96. The number of aromatic hydroxyl groups is 1. The van der Waals surface area contributed by atoms with E-state index in [1.165, 1.54) is 4.90 Å². The van der Waals surface area contributed by atoms with Crippen LogP contribution in [0.2, 0.25) is 0 Å². The van der Waals surface area contributed by atoms with E-state index in [1.807, 2.05) is 29.2 Å². The molecule has 1 aromatic carbocycles. The molecule has 2 aromatic rings. The SMILES string of the molecule is CC(C)CCN1C(=O)N(Cc2cccnc2)C(=O)C12CCN(Cc1cccc(O)c1)CC2. The highest BCUT2D eigenvalue weighted by Gasteiger charge is 2.57. The first-order chi connectivity index (χ1) is 15.4. The molecule has 2 aliphatic heterocycles. The van der Waals surface area contributed by atoms with Crippen LogP contribution < -0.4 is 0 Å². The lowest BCUT2D eigenvalue weighted by Crippen LogP contribution is -2.56. The molecule has 0 aliphatic carbocycles. The molecule has 7 nitrogen and oxygen atoms in total. The van der Waals surface area contributed by atoms with Gasteiger partial charge in [0.1, 0.15) is 11.3 Å². The number of hydrogen-bond acceptors (Lipinski definition) is 5. The van der Waals surface area contributed by atoms with Crippen LogP contribution in [0.3, 0.4) is 0 Å². The van der Waals surface area contributed by atoms with Gasteiger partial charge >= 0.3 is 6.03 Å². The summed E-state index contributed by atoms with van der Waals surface area (Å²) >= 11 is 0. The van der Waals surface area contributed by atoms with E-state index in [0.29, 0.717) is 25.3 Å². The Kier molecular flexibility index (Phi) is 6.46. The largest absolute Gasteiger partial charge is 0.508 e. The Morgan fingerprint density at radius 3 is 2.47 bits per heavy atom. The first kappa shape index (κ1) is 22.3. The highest BCUT2D eigenvalue weighted by atomic mass is 16.3. The molecule has 2 fully saturated rings. The number of pyridine rings is 1. The molecule has 1 aromatic heterocycles. The van der Waals surface area contributed by atoms with Gasteiger partial charge in [0.15, 0.2) is 0 Å². The molecule has 0 unspecified atom stereocenters. The maximum absolute atomic E-state index is 13.7. The summed E-state index contributed by atoms with van der Waals surface area (Å²) < 4.78 is 0. The Morgan fingerprint density at radius 1 is 1.06 bits per heavy atom. The zero-order valence-corrected chi connectivity index (χ0v) is 18.9. The lowest BCUT2D eigenvalue weighted by molar-refractivity contribution is -0.136. The molecule has 0 radical (unpaired) electrons. The third kappa shape index (κ3) is 4.48. The van der Waals surface area contributed by atoms with Crippen LogP contribution in [0.4, 0.5) is 4.79 Å². The number of hydrogen-bond donors (Lipinski definition) is 1. The fourth-order valence-electron chi connectivity index (χ4n) is 4.77. The van der Waals surface area contributed by atoms with Gasteiger partial charge in [0.25, 0.3) is 5.91 Å². The van der Waals surface area contributed by atoms with E-state index in [4.69, 9.17) is 0 Å². The number of carbonyl (C=O) groups is 2. The van der Waals surface area contributed by atoms with Crippen molar-refractivity contribution in [3.8, 4) is 5.75 Å². The maximum atomic E-state index is 13.7. The minimum Gasteiger partial charge on any atom is -0.508 e. The van der Waals surface area contributed by atoms with E-state index in [2.05, 4.69) is 23.7 Å². The Bertz CT molecular complexity index is 955. The number of carbonyl (C=O) groups excluding carboxylic acids is 2. The van der Waals surface area contributed by atoms with Crippen LogP contribution >= 0.6 is 0 Å². The quantitative estimate of drug-likeness (QED) is 0.671. The van der Waals surface area contributed by atoms with Crippen molar-refractivity contribution in [2.75, 3.05) is 19.6 Å². The lowest BCUT2D eigenvalue weighted by Gasteiger charge is -2.42. The molecule has 1 spiro atoms. The molecule has 0 bridgehead atoms. The van der Waals surface area contributed by atoms with Gasteiger partial charge in [0.2, 0.25) is 0 Å². The van der Waals surface area contributed by atoms with Crippen LogP contribution in [0.1, 0.15) is 44.2 Å². The summed E-state index contributed by atoms with van der Waals surface area (Å²) in [4.78, 5) is 36.7. The normalized spacial score (nSPS) is 18.8. The second-order valence-corrected chi connectivity index (χ2v) is 9.35. The summed E-state index contributed by atoms with van der Waals surface area (Å²) in [6.45, 7) is 7.32. The number of phenols is 1. The topological polar surface area (TPSA) is 77.0 Å². The molecular formula is C25H32N4O3. The van der Waals surface area contributed by atoms with Crippen LogP contribution in [-0.4, -0.2) is 61.9 Å². The Morgan fingerprint density at radius 2 is 1.81 bits per heavy atom. The van der Waals surface area contributed by atoms with Crippen molar-refractivity contribution in [1.82, 2.24) is 19.7 Å². The first-order valence-electron chi connectivity index (χ1n) is 11.4. The highest BCUT2D eigenvalue weighted by Crippen LogP contribution is 2.38. The molecule has 3 amide bonds. The monoisotopic (exact) mass is 436 g/mol. The van der Waals surface area contributed by atoms with E-state index in [0.717, 1.165) is 37.2 Å². The van der Waals surface area contributed by atoms with Gasteiger partial charge in [-0.3, -0.25) is 19.6 Å². The standard InChI is InChI=1S/C25H32N4O3/c1-19(2)8-12-29-24(32)28(18-21-6-4-11-26-16-21)23(31)25(29)9-13-27(14-10-25)17-20-5-3-7-22(30)15-20/h3-7,11,15-16,19,30H,8-10,12-14,17-18H2,1-2H3. The van der Waals surface area contributed by atoms with Crippen molar-refractivity contribution in [2.45, 2.75) is 51.7 Å². The van der Waals surface area contributed by atoms with Gasteiger partial charge in [-0.1, -0.05) is 32.0 Å². The number of amides is 3. The summed E-state index contributed by atoms with van der Waals surface area (Å²) in [6.07, 6.45) is 5.52. The summed E-state index contributed by atoms with van der Waals surface area (Å²) in [7, 11) is 0. The smallest absolute Gasteiger partial charge is 0.327 e. The minimum absolute atomic E-state index is 0.0767. The fraction of sp³-hybridized carbons (Fsp3) is 0.480. The summed E-state index contributed by atoms with van der Waals surface area (Å²) in [5.41, 5.74) is 1.14. The van der Waals surface area contributed by atoms with Crippen molar-refractivity contribution >= 4 is 11.9 Å². The van der Waals surface area contributed by atoms with E-state index < -0.39 is 5.54 Å². The third-order valence-corrected chi connectivity index (χ3v) is 6.62. The highest BCUT2D eigenvalue weighted by molar-refractivity contribution is 6.07. The number of imide groups is 1. The van der Waals surface area contributed by atoms with E-state index in [-0.39, 0.29) is 24.2 Å². The van der Waals surface area contributed by atoms with Crippen LogP contribution in [0, 0.1) is 5.92 Å². The first-order valence-corrected chi connectivity index (χ1v) is 11.4. The van der Waals surface area contributed by atoms with Gasteiger partial charge in [-0.15, -0.1) is 0 Å². The number of piperidine rings is 1. The average molecular weight is 437 g/mol. The van der Waals surface area contributed by atoms with Gasteiger partial charge in [-0.25, -0.2) is 4.79 Å².